The van der Waals surface area contributed by atoms with E-state index in [9.17, 15) is 4.79 Å². The largest absolute Gasteiger partial charge is 0.493 e. The summed E-state index contributed by atoms with van der Waals surface area (Å²) >= 11 is 0. The van der Waals surface area contributed by atoms with Gasteiger partial charge in [-0.2, -0.15) is 0 Å². The van der Waals surface area contributed by atoms with Crippen molar-refractivity contribution in [3.05, 3.63) is 47.7 Å². The first-order valence-electron chi connectivity index (χ1n) is 8.89. The summed E-state index contributed by atoms with van der Waals surface area (Å²) in [7, 11) is 3.20. The zero-order valence-corrected chi connectivity index (χ0v) is 15.6. The van der Waals surface area contributed by atoms with Crippen molar-refractivity contribution < 1.29 is 23.7 Å². The first-order chi connectivity index (χ1) is 13.2. The standard InChI is InChI=1S/C20H24N2O5/c1-24-17-4-3-14(11-18(17)25-2)5-8-22-20(23)15-6-9-21-19(12-15)27-16-7-10-26-13-16/h3-4,6,9,11-12,16H,5,7-8,10,13H2,1-2H3,(H,22,23). The lowest BCUT2D eigenvalue weighted by atomic mass is 10.1. The summed E-state index contributed by atoms with van der Waals surface area (Å²) in [6.07, 6.45) is 3.10. The topological polar surface area (TPSA) is 78.9 Å². The maximum atomic E-state index is 12.4. The highest BCUT2D eigenvalue weighted by atomic mass is 16.5. The Morgan fingerprint density at radius 1 is 1.22 bits per heavy atom. The normalized spacial score (nSPS) is 16.0. The molecule has 1 atom stereocenters. The lowest BCUT2D eigenvalue weighted by molar-refractivity contribution is 0.0952. The second-order valence-electron chi connectivity index (χ2n) is 6.18. The number of carbonyl (C=O) groups excluding carboxylic acids is 1. The highest BCUT2D eigenvalue weighted by Crippen LogP contribution is 2.27. The van der Waals surface area contributed by atoms with Gasteiger partial charge in [-0.3, -0.25) is 4.79 Å². The minimum atomic E-state index is -0.162. The van der Waals surface area contributed by atoms with Crippen molar-refractivity contribution in [3.8, 4) is 17.4 Å². The van der Waals surface area contributed by atoms with Gasteiger partial charge in [-0.1, -0.05) is 6.07 Å². The maximum absolute atomic E-state index is 12.4. The van der Waals surface area contributed by atoms with Crippen LogP contribution in [0.25, 0.3) is 0 Å². The SMILES string of the molecule is COc1ccc(CCNC(=O)c2ccnc(OC3CCOC3)c2)cc1OC. The molecule has 0 bridgehead atoms. The van der Waals surface area contributed by atoms with Crippen molar-refractivity contribution in [2.75, 3.05) is 34.0 Å². The van der Waals surface area contributed by atoms with Gasteiger partial charge >= 0.3 is 0 Å². The lowest BCUT2D eigenvalue weighted by Crippen LogP contribution is -2.26. The van der Waals surface area contributed by atoms with Crippen molar-refractivity contribution in [2.24, 2.45) is 0 Å². The molecule has 0 radical (unpaired) electrons. The molecule has 2 heterocycles. The van der Waals surface area contributed by atoms with Crippen LogP contribution in [0, 0.1) is 0 Å². The molecule has 144 valence electrons. The van der Waals surface area contributed by atoms with Gasteiger partial charge in [-0.15, -0.1) is 0 Å². The molecule has 1 saturated heterocycles. The summed E-state index contributed by atoms with van der Waals surface area (Å²) in [5.74, 6) is 1.64. The van der Waals surface area contributed by atoms with Gasteiger partial charge in [0.1, 0.15) is 6.10 Å². The Labute approximate surface area is 158 Å². The molecule has 1 aliphatic heterocycles. The quantitative estimate of drug-likeness (QED) is 0.766. The highest BCUT2D eigenvalue weighted by Gasteiger charge is 2.18. The van der Waals surface area contributed by atoms with Crippen molar-refractivity contribution in [1.82, 2.24) is 10.3 Å². The third kappa shape index (κ3) is 5.10. The van der Waals surface area contributed by atoms with E-state index < -0.39 is 0 Å². The minimum Gasteiger partial charge on any atom is -0.493 e. The first kappa shape index (κ1) is 19.0. The Kier molecular flexibility index (Phi) is 6.49. The van der Waals surface area contributed by atoms with Crippen LogP contribution in [0.5, 0.6) is 17.4 Å². The van der Waals surface area contributed by atoms with E-state index in [4.69, 9.17) is 18.9 Å². The number of hydrogen-bond donors (Lipinski definition) is 1. The fourth-order valence-corrected chi connectivity index (χ4v) is 2.85. The number of methoxy groups -OCH3 is 2. The number of amides is 1. The summed E-state index contributed by atoms with van der Waals surface area (Å²) in [4.78, 5) is 16.5. The van der Waals surface area contributed by atoms with E-state index in [1.165, 1.54) is 0 Å². The molecule has 7 heteroatoms. The number of nitrogens with one attached hydrogen (secondary N) is 1. The molecule has 0 spiro atoms. The second-order valence-corrected chi connectivity index (χ2v) is 6.18. The number of benzene rings is 1. The number of nitrogens with zero attached hydrogens (tertiary/aromatic N) is 1. The van der Waals surface area contributed by atoms with Crippen LogP contribution in [0.1, 0.15) is 22.3 Å². The van der Waals surface area contributed by atoms with Gasteiger partial charge in [0.05, 0.1) is 27.4 Å². The fourth-order valence-electron chi connectivity index (χ4n) is 2.85. The van der Waals surface area contributed by atoms with Gasteiger partial charge in [0.25, 0.3) is 5.91 Å². The number of hydrogen-bond acceptors (Lipinski definition) is 6. The summed E-state index contributed by atoms with van der Waals surface area (Å²) in [5, 5.41) is 2.92. The van der Waals surface area contributed by atoms with Crippen molar-refractivity contribution >= 4 is 5.91 Å². The van der Waals surface area contributed by atoms with Gasteiger partial charge < -0.3 is 24.3 Å². The number of ether oxygens (including phenoxy) is 4. The Morgan fingerprint density at radius 3 is 2.81 bits per heavy atom. The van der Waals surface area contributed by atoms with Gasteiger partial charge in [0.15, 0.2) is 11.5 Å². The van der Waals surface area contributed by atoms with Crippen molar-refractivity contribution in [3.63, 3.8) is 0 Å². The minimum absolute atomic E-state index is 0.000800. The van der Waals surface area contributed by atoms with Crippen LogP contribution in [-0.4, -0.2) is 51.0 Å². The monoisotopic (exact) mass is 372 g/mol. The van der Waals surface area contributed by atoms with Crippen LogP contribution in [0.2, 0.25) is 0 Å². The van der Waals surface area contributed by atoms with Gasteiger partial charge in [-0.25, -0.2) is 4.98 Å². The van der Waals surface area contributed by atoms with E-state index in [0.717, 1.165) is 12.0 Å². The van der Waals surface area contributed by atoms with Crippen molar-refractivity contribution in [1.29, 1.82) is 0 Å². The van der Waals surface area contributed by atoms with Crippen LogP contribution in [0.3, 0.4) is 0 Å². The zero-order valence-electron chi connectivity index (χ0n) is 15.6. The molecule has 1 N–H and O–H groups in total. The first-order valence-corrected chi connectivity index (χ1v) is 8.89. The van der Waals surface area contributed by atoms with Crippen LogP contribution >= 0.6 is 0 Å². The van der Waals surface area contributed by atoms with Crippen LogP contribution < -0.4 is 19.5 Å². The predicted molar refractivity (Wildman–Crippen MR) is 99.7 cm³/mol. The van der Waals surface area contributed by atoms with E-state index >= 15 is 0 Å². The summed E-state index contributed by atoms with van der Waals surface area (Å²) < 4.78 is 21.6. The van der Waals surface area contributed by atoms with E-state index in [1.807, 2.05) is 18.2 Å². The molecule has 1 aromatic heterocycles. The third-order valence-corrected chi connectivity index (χ3v) is 4.32. The second kappa shape index (κ2) is 9.23. The molecule has 27 heavy (non-hydrogen) atoms. The van der Waals surface area contributed by atoms with Gasteiger partial charge in [0.2, 0.25) is 5.88 Å². The van der Waals surface area contributed by atoms with E-state index in [-0.39, 0.29) is 12.0 Å². The Morgan fingerprint density at radius 2 is 2.07 bits per heavy atom. The molecule has 0 aliphatic carbocycles. The molecular weight excluding hydrogens is 348 g/mol. The fraction of sp³-hybridized carbons (Fsp3) is 0.400. The van der Waals surface area contributed by atoms with Crippen LogP contribution in [0.4, 0.5) is 0 Å². The van der Waals surface area contributed by atoms with Crippen LogP contribution in [-0.2, 0) is 11.2 Å². The molecular formula is C20H24N2O5. The highest BCUT2D eigenvalue weighted by molar-refractivity contribution is 5.94. The molecule has 1 amide bonds. The number of carbonyl (C=O) groups is 1. The van der Waals surface area contributed by atoms with E-state index in [2.05, 4.69) is 10.3 Å². The molecule has 2 aromatic rings. The molecule has 0 saturated carbocycles. The molecule has 1 aliphatic rings. The van der Waals surface area contributed by atoms with E-state index in [0.29, 0.717) is 49.1 Å². The molecule has 3 rings (SSSR count). The number of aromatic nitrogens is 1. The van der Waals surface area contributed by atoms with E-state index in [1.54, 1.807) is 32.5 Å². The smallest absolute Gasteiger partial charge is 0.251 e. The number of rotatable bonds is 8. The van der Waals surface area contributed by atoms with Gasteiger partial charge in [-0.05, 0) is 30.2 Å². The number of pyridine rings is 1. The average molecular weight is 372 g/mol. The maximum Gasteiger partial charge on any atom is 0.251 e. The summed E-state index contributed by atoms with van der Waals surface area (Å²) in [6.45, 7) is 1.76. The third-order valence-electron chi connectivity index (χ3n) is 4.32. The van der Waals surface area contributed by atoms with Crippen LogP contribution in [0.15, 0.2) is 36.5 Å². The molecule has 1 unspecified atom stereocenters. The Balaban J connectivity index is 1.53. The molecule has 7 nitrogen and oxygen atoms in total. The van der Waals surface area contributed by atoms with Gasteiger partial charge in [0, 0.05) is 30.8 Å². The lowest BCUT2D eigenvalue weighted by Gasteiger charge is -2.12. The Hall–Kier alpha value is -2.80. The zero-order chi connectivity index (χ0) is 19.1. The predicted octanol–water partition coefficient (Wildman–Crippen LogP) is 2.24. The summed E-state index contributed by atoms with van der Waals surface area (Å²) in [6, 6.07) is 9.05. The molecule has 1 fully saturated rings. The molecule has 1 aromatic carbocycles. The Bertz CT molecular complexity index is 775. The van der Waals surface area contributed by atoms with Crippen molar-refractivity contribution in [2.45, 2.75) is 18.9 Å². The average Bonchev–Trinajstić information content (AvgIpc) is 3.21. The summed E-state index contributed by atoms with van der Waals surface area (Å²) in [5.41, 5.74) is 1.57.